The van der Waals surface area contributed by atoms with Gasteiger partial charge in [-0.2, -0.15) is 4.98 Å². The summed E-state index contributed by atoms with van der Waals surface area (Å²) in [6.07, 6.45) is 5.54. The average molecular weight is 365 g/mol. The highest BCUT2D eigenvalue weighted by molar-refractivity contribution is 5.77. The van der Waals surface area contributed by atoms with Crippen LogP contribution in [-0.2, 0) is 6.42 Å². The van der Waals surface area contributed by atoms with Crippen LogP contribution in [0.4, 0.5) is 17.5 Å². The zero-order valence-electron chi connectivity index (χ0n) is 16.3. The number of likely N-dealkylation sites (N-methyl/N-ethyl adjacent to an activating group) is 1. The van der Waals surface area contributed by atoms with Crippen molar-refractivity contribution in [1.82, 2.24) is 14.9 Å². The van der Waals surface area contributed by atoms with Crippen molar-refractivity contribution < 1.29 is 4.74 Å². The van der Waals surface area contributed by atoms with Gasteiger partial charge in [-0.25, -0.2) is 4.98 Å². The number of fused-ring (bicyclic) bond motifs is 1. The predicted molar refractivity (Wildman–Crippen MR) is 110 cm³/mol. The van der Waals surface area contributed by atoms with Crippen LogP contribution in [0.5, 0.6) is 5.75 Å². The first-order valence-corrected chi connectivity index (χ1v) is 9.60. The second kappa shape index (κ2) is 7.56. The first-order chi connectivity index (χ1) is 13.1. The molecule has 1 aromatic heterocycles. The Morgan fingerprint density at radius 3 is 2.89 bits per heavy atom. The molecule has 2 aromatic rings. The Bertz CT molecular complexity index is 877. The van der Waals surface area contributed by atoms with Crippen molar-refractivity contribution in [3.8, 4) is 5.75 Å². The lowest BCUT2D eigenvalue weighted by molar-refractivity contribution is 0.356. The van der Waals surface area contributed by atoms with Gasteiger partial charge in [0.25, 0.3) is 0 Å². The number of hydrogen-bond acceptors (Lipinski definition) is 6. The Morgan fingerprint density at radius 2 is 2.04 bits per heavy atom. The maximum Gasteiger partial charge on any atom is 0.229 e. The van der Waals surface area contributed by atoms with Crippen molar-refractivity contribution in [2.45, 2.75) is 26.2 Å². The maximum absolute atomic E-state index is 5.99. The normalized spacial score (nSPS) is 16.9. The minimum Gasteiger partial charge on any atom is -0.492 e. The van der Waals surface area contributed by atoms with Crippen molar-refractivity contribution in [3.63, 3.8) is 0 Å². The molecule has 0 unspecified atom stereocenters. The lowest BCUT2D eigenvalue weighted by atomic mass is 9.97. The largest absolute Gasteiger partial charge is 0.492 e. The SMILES string of the molecule is CNc1cc(C)nc(Nc2cc3c(c(C4=CCN(C)CCC4)c2)OCC3)n1. The van der Waals surface area contributed by atoms with Crippen molar-refractivity contribution >= 4 is 23.0 Å². The van der Waals surface area contributed by atoms with Crippen LogP contribution >= 0.6 is 0 Å². The average Bonchev–Trinajstić information content (AvgIpc) is 3.01. The molecule has 0 fully saturated rings. The molecule has 6 heteroatoms. The van der Waals surface area contributed by atoms with Gasteiger partial charge in [-0.05, 0) is 51.1 Å². The molecule has 0 atom stereocenters. The molecule has 27 heavy (non-hydrogen) atoms. The number of ether oxygens (including phenoxy) is 1. The summed E-state index contributed by atoms with van der Waals surface area (Å²) in [5.41, 5.74) is 5.79. The lowest BCUT2D eigenvalue weighted by Gasteiger charge is -2.15. The molecular formula is C21H27N5O. The quantitative estimate of drug-likeness (QED) is 0.863. The summed E-state index contributed by atoms with van der Waals surface area (Å²) in [6.45, 7) is 4.84. The molecule has 6 nitrogen and oxygen atoms in total. The molecule has 1 aromatic carbocycles. The summed E-state index contributed by atoms with van der Waals surface area (Å²) in [7, 11) is 4.04. The molecule has 0 radical (unpaired) electrons. The van der Waals surface area contributed by atoms with Crippen LogP contribution in [0.3, 0.4) is 0 Å². The predicted octanol–water partition coefficient (Wildman–Crippen LogP) is 3.61. The fraction of sp³-hybridized carbons (Fsp3) is 0.429. The second-order valence-corrected chi connectivity index (χ2v) is 7.30. The molecule has 0 saturated carbocycles. The van der Waals surface area contributed by atoms with Crippen LogP contribution in [0, 0.1) is 6.92 Å². The van der Waals surface area contributed by atoms with E-state index in [4.69, 9.17) is 4.74 Å². The summed E-state index contributed by atoms with van der Waals surface area (Å²) >= 11 is 0. The number of benzene rings is 1. The van der Waals surface area contributed by atoms with E-state index in [0.29, 0.717) is 5.95 Å². The molecule has 4 rings (SSSR count). The molecule has 2 N–H and O–H groups in total. The number of anilines is 3. The van der Waals surface area contributed by atoms with E-state index in [9.17, 15) is 0 Å². The molecule has 142 valence electrons. The van der Waals surface area contributed by atoms with Gasteiger partial charge in [0.05, 0.1) is 6.61 Å². The van der Waals surface area contributed by atoms with Crippen molar-refractivity contribution in [3.05, 3.63) is 41.1 Å². The van der Waals surface area contributed by atoms with E-state index in [1.165, 1.54) is 23.1 Å². The first-order valence-electron chi connectivity index (χ1n) is 9.60. The summed E-state index contributed by atoms with van der Waals surface area (Å²) in [5, 5.41) is 6.48. The van der Waals surface area contributed by atoms with E-state index in [-0.39, 0.29) is 0 Å². The van der Waals surface area contributed by atoms with Gasteiger partial charge < -0.3 is 20.3 Å². The zero-order chi connectivity index (χ0) is 18.8. The Morgan fingerprint density at radius 1 is 1.15 bits per heavy atom. The molecule has 0 aliphatic carbocycles. The second-order valence-electron chi connectivity index (χ2n) is 7.30. The van der Waals surface area contributed by atoms with Crippen LogP contribution in [0.2, 0.25) is 0 Å². The van der Waals surface area contributed by atoms with Gasteiger partial charge in [0, 0.05) is 48.6 Å². The smallest absolute Gasteiger partial charge is 0.229 e. The number of aryl methyl sites for hydroxylation is 1. The Balaban J connectivity index is 1.70. The summed E-state index contributed by atoms with van der Waals surface area (Å²) < 4.78 is 5.99. The van der Waals surface area contributed by atoms with E-state index in [1.54, 1.807) is 0 Å². The summed E-state index contributed by atoms with van der Waals surface area (Å²) in [6, 6.07) is 6.28. The van der Waals surface area contributed by atoms with Gasteiger partial charge in [-0.15, -0.1) is 0 Å². The number of allylic oxidation sites excluding steroid dienone is 1. The van der Waals surface area contributed by atoms with E-state index in [1.807, 2.05) is 20.0 Å². The molecule has 0 bridgehead atoms. The van der Waals surface area contributed by atoms with Crippen LogP contribution in [0.15, 0.2) is 24.3 Å². The van der Waals surface area contributed by atoms with E-state index in [0.717, 1.165) is 55.5 Å². The Hall–Kier alpha value is -2.60. The molecular weight excluding hydrogens is 338 g/mol. The summed E-state index contributed by atoms with van der Waals surface area (Å²) in [4.78, 5) is 11.4. The monoisotopic (exact) mass is 365 g/mol. The van der Waals surface area contributed by atoms with Crippen molar-refractivity contribution in [1.29, 1.82) is 0 Å². The van der Waals surface area contributed by atoms with Crippen LogP contribution in [-0.4, -0.2) is 48.7 Å². The molecule has 3 heterocycles. The van der Waals surface area contributed by atoms with Crippen molar-refractivity contribution in [2.24, 2.45) is 0 Å². The molecule has 2 aliphatic heterocycles. The van der Waals surface area contributed by atoms with Crippen LogP contribution in [0.1, 0.15) is 29.7 Å². The number of aromatic nitrogens is 2. The zero-order valence-corrected chi connectivity index (χ0v) is 16.3. The number of rotatable bonds is 4. The maximum atomic E-state index is 5.99. The van der Waals surface area contributed by atoms with Gasteiger partial charge in [-0.3, -0.25) is 0 Å². The standard InChI is InChI=1S/C21H27N5O/c1-14-11-19(22-2)25-21(23-14)24-17-12-16-7-10-27-20(16)18(13-17)15-5-4-8-26(3)9-6-15/h6,11-13H,4-5,7-10H2,1-3H3,(H2,22,23,24,25). The molecule has 2 aliphatic rings. The number of nitrogens with zero attached hydrogens (tertiary/aromatic N) is 3. The van der Waals surface area contributed by atoms with Crippen LogP contribution < -0.4 is 15.4 Å². The van der Waals surface area contributed by atoms with Crippen LogP contribution in [0.25, 0.3) is 5.57 Å². The van der Waals surface area contributed by atoms with Gasteiger partial charge >= 0.3 is 0 Å². The highest BCUT2D eigenvalue weighted by atomic mass is 16.5. The van der Waals surface area contributed by atoms with Gasteiger partial charge in [0.2, 0.25) is 5.95 Å². The number of hydrogen-bond donors (Lipinski definition) is 2. The van der Waals surface area contributed by atoms with Gasteiger partial charge in [-0.1, -0.05) is 6.08 Å². The minimum absolute atomic E-state index is 0.610. The summed E-state index contributed by atoms with van der Waals surface area (Å²) in [5.74, 6) is 2.47. The lowest BCUT2D eigenvalue weighted by Crippen LogP contribution is -2.17. The topological polar surface area (TPSA) is 62.3 Å². The Kier molecular flexibility index (Phi) is 4.99. The minimum atomic E-state index is 0.610. The third-order valence-electron chi connectivity index (χ3n) is 5.13. The first kappa shape index (κ1) is 17.8. The van der Waals surface area contributed by atoms with Gasteiger partial charge in [0.1, 0.15) is 11.6 Å². The number of nitrogens with one attached hydrogen (secondary N) is 2. The fourth-order valence-electron chi connectivity index (χ4n) is 3.74. The molecule has 0 spiro atoms. The molecule has 0 saturated heterocycles. The highest BCUT2D eigenvalue weighted by Gasteiger charge is 2.21. The third-order valence-corrected chi connectivity index (χ3v) is 5.13. The van der Waals surface area contributed by atoms with Gasteiger partial charge in [0.15, 0.2) is 0 Å². The van der Waals surface area contributed by atoms with E-state index in [2.05, 4.69) is 50.8 Å². The van der Waals surface area contributed by atoms with E-state index >= 15 is 0 Å². The Labute approximate surface area is 160 Å². The van der Waals surface area contributed by atoms with E-state index < -0.39 is 0 Å². The third kappa shape index (κ3) is 3.90. The fourth-order valence-corrected chi connectivity index (χ4v) is 3.74. The highest BCUT2D eigenvalue weighted by Crippen LogP contribution is 2.39. The molecule has 0 amide bonds. The van der Waals surface area contributed by atoms with Crippen molar-refractivity contribution in [2.75, 3.05) is 44.4 Å².